The summed E-state index contributed by atoms with van der Waals surface area (Å²) in [5, 5.41) is 9.29. The van der Waals surface area contributed by atoms with Gasteiger partial charge in [-0.15, -0.1) is 0 Å². The Balaban J connectivity index is 1.70. The fourth-order valence-electron chi connectivity index (χ4n) is 3.69. The summed E-state index contributed by atoms with van der Waals surface area (Å²) in [6.07, 6.45) is 4.19. The fourth-order valence-corrected chi connectivity index (χ4v) is 4.32. The minimum atomic E-state index is -0.654. The van der Waals surface area contributed by atoms with Gasteiger partial charge in [-0.05, 0) is 42.5 Å². The van der Waals surface area contributed by atoms with Crippen molar-refractivity contribution in [2.75, 3.05) is 6.61 Å². The Morgan fingerprint density at radius 2 is 2.19 bits per heavy atom. The van der Waals surface area contributed by atoms with Crippen molar-refractivity contribution in [3.63, 3.8) is 0 Å². The Morgan fingerprint density at radius 3 is 2.77 bits per heavy atom. The molecule has 1 saturated heterocycles. The van der Waals surface area contributed by atoms with Crippen molar-refractivity contribution < 1.29 is 19.1 Å². The molecule has 0 aromatic carbocycles. The molecular weight excluding hydrogens is 352 g/mol. The first-order valence-electron chi connectivity index (χ1n) is 9.19. The highest BCUT2D eigenvalue weighted by Gasteiger charge is 2.40. The number of carbonyl (C=O) groups excluding carboxylic acids is 3. The van der Waals surface area contributed by atoms with E-state index >= 15 is 0 Å². The zero-order valence-electron chi connectivity index (χ0n) is 15.2. The highest BCUT2D eigenvalue weighted by atomic mass is 32.1. The van der Waals surface area contributed by atoms with E-state index in [0.29, 0.717) is 18.4 Å². The SMILES string of the molecule is CC[C@@H]1OCC(=O)[C@H]1NC(=O)[C@H](CC1(C)CCC1)NC(=O)c1ccsc1. The van der Waals surface area contributed by atoms with Gasteiger partial charge in [0.25, 0.3) is 5.91 Å². The summed E-state index contributed by atoms with van der Waals surface area (Å²) < 4.78 is 5.43. The lowest BCUT2D eigenvalue weighted by molar-refractivity contribution is -0.128. The fraction of sp³-hybridized carbons (Fsp3) is 0.632. The van der Waals surface area contributed by atoms with Gasteiger partial charge in [0, 0.05) is 5.38 Å². The second-order valence-corrected chi connectivity index (χ2v) is 8.40. The number of ketones is 1. The monoisotopic (exact) mass is 378 g/mol. The summed E-state index contributed by atoms with van der Waals surface area (Å²) in [4.78, 5) is 37.4. The van der Waals surface area contributed by atoms with Crippen LogP contribution in [0.25, 0.3) is 0 Å². The molecule has 2 aliphatic rings. The summed E-state index contributed by atoms with van der Waals surface area (Å²) in [6, 6.07) is 0.461. The zero-order valence-corrected chi connectivity index (χ0v) is 16.1. The lowest BCUT2D eigenvalue weighted by Gasteiger charge is -2.40. The molecule has 6 nitrogen and oxygen atoms in total. The lowest BCUT2D eigenvalue weighted by Crippen LogP contribution is -2.55. The normalized spacial score (nSPS) is 25.4. The molecule has 2 amide bonds. The highest BCUT2D eigenvalue weighted by molar-refractivity contribution is 7.08. The molecule has 1 aliphatic heterocycles. The Bertz CT molecular complexity index is 669. The van der Waals surface area contributed by atoms with Crippen LogP contribution < -0.4 is 10.6 Å². The Kier molecular flexibility index (Phi) is 5.77. The molecule has 0 bridgehead atoms. The van der Waals surface area contributed by atoms with Gasteiger partial charge in [0.1, 0.15) is 18.7 Å². The van der Waals surface area contributed by atoms with Crippen molar-refractivity contribution in [1.29, 1.82) is 0 Å². The van der Waals surface area contributed by atoms with Crippen molar-refractivity contribution >= 4 is 28.9 Å². The van der Waals surface area contributed by atoms with Crippen LogP contribution in [0.15, 0.2) is 16.8 Å². The lowest BCUT2D eigenvalue weighted by atomic mass is 9.67. The van der Waals surface area contributed by atoms with Crippen LogP contribution in [-0.4, -0.2) is 42.4 Å². The topological polar surface area (TPSA) is 84.5 Å². The van der Waals surface area contributed by atoms with E-state index in [2.05, 4.69) is 17.6 Å². The van der Waals surface area contributed by atoms with Crippen molar-refractivity contribution in [2.45, 2.75) is 64.1 Å². The molecule has 7 heteroatoms. The first-order chi connectivity index (χ1) is 12.4. The third-order valence-corrected chi connectivity index (χ3v) is 6.20. The molecule has 1 saturated carbocycles. The summed E-state index contributed by atoms with van der Waals surface area (Å²) in [5.41, 5.74) is 0.614. The van der Waals surface area contributed by atoms with Crippen molar-refractivity contribution in [2.24, 2.45) is 5.41 Å². The van der Waals surface area contributed by atoms with Gasteiger partial charge in [0.2, 0.25) is 5.91 Å². The first kappa shape index (κ1) is 19.0. The number of rotatable bonds is 7. The third kappa shape index (κ3) is 4.15. The van der Waals surface area contributed by atoms with Crippen molar-refractivity contribution in [3.05, 3.63) is 22.4 Å². The maximum atomic E-state index is 12.9. The van der Waals surface area contributed by atoms with Crippen LogP contribution in [0.4, 0.5) is 0 Å². The van der Waals surface area contributed by atoms with E-state index in [-0.39, 0.29) is 35.7 Å². The van der Waals surface area contributed by atoms with Crippen LogP contribution in [0.3, 0.4) is 0 Å². The van der Waals surface area contributed by atoms with Crippen LogP contribution >= 0.6 is 11.3 Å². The Morgan fingerprint density at radius 1 is 1.42 bits per heavy atom. The molecular formula is C19H26N2O4S. The van der Waals surface area contributed by atoms with Crippen LogP contribution in [0.2, 0.25) is 0 Å². The average Bonchev–Trinajstić information content (AvgIpc) is 3.23. The molecule has 26 heavy (non-hydrogen) atoms. The van der Waals surface area contributed by atoms with Gasteiger partial charge >= 0.3 is 0 Å². The molecule has 0 unspecified atom stereocenters. The summed E-state index contributed by atoms with van der Waals surface area (Å²) >= 11 is 1.44. The molecule has 142 valence electrons. The van der Waals surface area contributed by atoms with Crippen LogP contribution in [-0.2, 0) is 14.3 Å². The van der Waals surface area contributed by atoms with Gasteiger partial charge in [-0.2, -0.15) is 11.3 Å². The molecule has 3 rings (SSSR count). The zero-order chi connectivity index (χ0) is 18.7. The molecule has 3 atom stereocenters. The molecule has 0 radical (unpaired) electrons. The number of thiophene rings is 1. The predicted octanol–water partition coefficient (Wildman–Crippen LogP) is 2.29. The third-order valence-electron chi connectivity index (χ3n) is 5.52. The van der Waals surface area contributed by atoms with E-state index in [1.54, 1.807) is 11.4 Å². The molecule has 0 spiro atoms. The summed E-state index contributed by atoms with van der Waals surface area (Å²) in [7, 11) is 0. The second-order valence-electron chi connectivity index (χ2n) is 7.62. The van der Waals surface area contributed by atoms with Gasteiger partial charge in [-0.1, -0.05) is 20.3 Å². The van der Waals surface area contributed by atoms with E-state index in [0.717, 1.165) is 19.3 Å². The first-order valence-corrected chi connectivity index (χ1v) is 10.1. The minimum absolute atomic E-state index is 0.0348. The molecule has 1 aliphatic carbocycles. The van der Waals surface area contributed by atoms with E-state index in [4.69, 9.17) is 4.74 Å². The van der Waals surface area contributed by atoms with Crippen molar-refractivity contribution in [1.82, 2.24) is 10.6 Å². The number of ether oxygens (including phenoxy) is 1. The van der Waals surface area contributed by atoms with Crippen molar-refractivity contribution in [3.8, 4) is 0 Å². The Hall–Kier alpha value is -1.73. The van der Waals surface area contributed by atoms with E-state index in [9.17, 15) is 14.4 Å². The van der Waals surface area contributed by atoms with Crippen LogP contribution in [0, 0.1) is 5.41 Å². The number of hydrogen-bond donors (Lipinski definition) is 2. The summed E-state index contributed by atoms with van der Waals surface area (Å²) in [6.45, 7) is 4.10. The summed E-state index contributed by atoms with van der Waals surface area (Å²) in [5.74, 6) is -0.665. The number of carbonyl (C=O) groups is 3. The van der Waals surface area contributed by atoms with Gasteiger partial charge in [0.05, 0.1) is 11.7 Å². The largest absolute Gasteiger partial charge is 0.368 e. The minimum Gasteiger partial charge on any atom is -0.368 e. The number of hydrogen-bond acceptors (Lipinski definition) is 5. The van der Waals surface area contributed by atoms with Gasteiger partial charge < -0.3 is 15.4 Å². The molecule has 2 fully saturated rings. The van der Waals surface area contributed by atoms with Gasteiger partial charge in [0.15, 0.2) is 5.78 Å². The standard InChI is InChI=1S/C19H26N2O4S/c1-3-15-16(14(22)10-25-15)21-18(24)13(9-19(2)6-4-7-19)20-17(23)12-5-8-26-11-12/h5,8,11,13,15-16H,3-4,6-7,9-10H2,1-2H3,(H,20,23)(H,21,24)/t13-,15-,16+/m0/s1. The number of Topliss-reactive ketones (excluding diaryl/α,β-unsaturated/α-hetero) is 1. The quantitative estimate of drug-likeness (QED) is 0.762. The molecule has 1 aromatic rings. The second kappa shape index (κ2) is 7.88. The molecule has 2 heterocycles. The molecule has 2 N–H and O–H groups in total. The van der Waals surface area contributed by atoms with E-state index < -0.39 is 12.1 Å². The maximum Gasteiger partial charge on any atom is 0.252 e. The van der Waals surface area contributed by atoms with Crippen LogP contribution in [0.5, 0.6) is 0 Å². The van der Waals surface area contributed by atoms with Gasteiger partial charge in [-0.3, -0.25) is 14.4 Å². The smallest absolute Gasteiger partial charge is 0.252 e. The van der Waals surface area contributed by atoms with E-state index in [1.807, 2.05) is 12.3 Å². The van der Waals surface area contributed by atoms with Gasteiger partial charge in [-0.25, -0.2) is 0 Å². The maximum absolute atomic E-state index is 12.9. The van der Waals surface area contributed by atoms with E-state index in [1.165, 1.54) is 11.3 Å². The molecule has 1 aromatic heterocycles. The number of nitrogens with one attached hydrogen (secondary N) is 2. The number of amides is 2. The Labute approximate surface area is 157 Å². The highest BCUT2D eigenvalue weighted by Crippen LogP contribution is 2.44. The predicted molar refractivity (Wildman–Crippen MR) is 99.1 cm³/mol. The van der Waals surface area contributed by atoms with Crippen LogP contribution in [0.1, 0.15) is 56.3 Å². The average molecular weight is 378 g/mol.